The van der Waals surface area contributed by atoms with Crippen LogP contribution in [0.15, 0.2) is 18.2 Å². The number of hydrogen-bond acceptors (Lipinski definition) is 1. The Kier molecular flexibility index (Phi) is 2.98. The SMILES string of the molecule is Cc1cccc(C)c1C1(N)CCC(F)(F)CC1. The summed E-state index contributed by atoms with van der Waals surface area (Å²) in [5.41, 5.74) is 9.08. The van der Waals surface area contributed by atoms with Crippen molar-refractivity contribution in [2.45, 2.75) is 51.0 Å². The summed E-state index contributed by atoms with van der Waals surface area (Å²) in [6.07, 6.45) is 0.534. The molecule has 1 aromatic carbocycles. The molecule has 0 unspecified atom stereocenters. The summed E-state index contributed by atoms with van der Waals surface area (Å²) in [5.74, 6) is -2.53. The fourth-order valence-electron chi connectivity index (χ4n) is 2.91. The molecule has 0 heterocycles. The predicted octanol–water partition coefficient (Wildman–Crippen LogP) is 3.67. The Morgan fingerprint density at radius 1 is 1.00 bits per heavy atom. The van der Waals surface area contributed by atoms with Crippen molar-refractivity contribution >= 4 is 0 Å². The normalized spacial score (nSPS) is 22.4. The third-order valence-corrected chi connectivity index (χ3v) is 3.85. The monoisotopic (exact) mass is 239 g/mol. The van der Waals surface area contributed by atoms with E-state index < -0.39 is 11.5 Å². The van der Waals surface area contributed by atoms with E-state index in [1.807, 2.05) is 32.0 Å². The third kappa shape index (κ3) is 2.34. The lowest BCUT2D eigenvalue weighted by Gasteiger charge is -2.39. The van der Waals surface area contributed by atoms with Gasteiger partial charge in [0.2, 0.25) is 5.92 Å². The smallest absolute Gasteiger partial charge is 0.248 e. The van der Waals surface area contributed by atoms with E-state index in [0.717, 1.165) is 16.7 Å². The van der Waals surface area contributed by atoms with Crippen LogP contribution in [0.4, 0.5) is 8.78 Å². The summed E-state index contributed by atoms with van der Waals surface area (Å²) in [6, 6.07) is 5.99. The minimum absolute atomic E-state index is 0.0999. The Morgan fingerprint density at radius 3 is 1.94 bits per heavy atom. The lowest BCUT2D eigenvalue weighted by Crippen LogP contribution is -2.44. The van der Waals surface area contributed by atoms with Crippen LogP contribution in [0.3, 0.4) is 0 Å². The van der Waals surface area contributed by atoms with E-state index in [1.165, 1.54) is 0 Å². The standard InChI is InChI=1S/C14H19F2N/c1-10-4-3-5-11(2)12(10)13(17)6-8-14(15,16)9-7-13/h3-5H,6-9,17H2,1-2H3. The molecular formula is C14H19F2N. The van der Waals surface area contributed by atoms with E-state index >= 15 is 0 Å². The maximum atomic E-state index is 13.2. The summed E-state index contributed by atoms with van der Waals surface area (Å²) < 4.78 is 26.4. The first-order valence-electron chi connectivity index (χ1n) is 6.07. The third-order valence-electron chi connectivity index (χ3n) is 3.85. The van der Waals surface area contributed by atoms with Crippen LogP contribution < -0.4 is 5.73 Å². The van der Waals surface area contributed by atoms with Gasteiger partial charge in [0.1, 0.15) is 0 Å². The van der Waals surface area contributed by atoms with Crippen molar-refractivity contribution in [2.24, 2.45) is 5.73 Å². The van der Waals surface area contributed by atoms with Crippen LogP contribution in [0.5, 0.6) is 0 Å². The molecule has 1 saturated carbocycles. The predicted molar refractivity (Wildman–Crippen MR) is 65.2 cm³/mol. The van der Waals surface area contributed by atoms with Gasteiger partial charge in [-0.2, -0.15) is 0 Å². The number of rotatable bonds is 1. The molecule has 0 atom stereocenters. The number of halogens is 2. The molecule has 1 fully saturated rings. The zero-order valence-corrected chi connectivity index (χ0v) is 10.4. The molecule has 1 aliphatic rings. The van der Waals surface area contributed by atoms with Gasteiger partial charge in [-0.25, -0.2) is 8.78 Å². The first-order chi connectivity index (χ1) is 7.84. The summed E-state index contributed by atoms with van der Waals surface area (Å²) in [7, 11) is 0. The molecule has 0 aromatic heterocycles. The van der Waals surface area contributed by atoms with Gasteiger partial charge in [-0.1, -0.05) is 18.2 Å². The molecule has 2 rings (SSSR count). The molecule has 1 aromatic rings. The first-order valence-corrected chi connectivity index (χ1v) is 6.07. The Labute approximate surface area is 101 Å². The summed E-state index contributed by atoms with van der Waals surface area (Å²) in [6.45, 7) is 4.01. The number of nitrogens with two attached hydrogens (primary N) is 1. The summed E-state index contributed by atoms with van der Waals surface area (Å²) in [5, 5.41) is 0. The molecule has 17 heavy (non-hydrogen) atoms. The largest absolute Gasteiger partial charge is 0.321 e. The van der Waals surface area contributed by atoms with Crippen molar-refractivity contribution in [1.82, 2.24) is 0 Å². The minimum atomic E-state index is -2.53. The average molecular weight is 239 g/mol. The van der Waals surface area contributed by atoms with Crippen LogP contribution in [-0.4, -0.2) is 5.92 Å². The van der Waals surface area contributed by atoms with Crippen molar-refractivity contribution < 1.29 is 8.78 Å². The minimum Gasteiger partial charge on any atom is -0.321 e. The highest BCUT2D eigenvalue weighted by Gasteiger charge is 2.42. The second kappa shape index (κ2) is 4.05. The number of alkyl halides is 2. The van der Waals surface area contributed by atoms with Crippen molar-refractivity contribution in [3.05, 3.63) is 34.9 Å². The van der Waals surface area contributed by atoms with Gasteiger partial charge in [-0.05, 0) is 43.4 Å². The van der Waals surface area contributed by atoms with Gasteiger partial charge in [-0.15, -0.1) is 0 Å². The van der Waals surface area contributed by atoms with Gasteiger partial charge in [0, 0.05) is 18.4 Å². The lowest BCUT2D eigenvalue weighted by molar-refractivity contribution is -0.0515. The second-order valence-electron chi connectivity index (χ2n) is 5.28. The van der Waals surface area contributed by atoms with E-state index in [2.05, 4.69) is 0 Å². The first kappa shape index (κ1) is 12.5. The van der Waals surface area contributed by atoms with Crippen molar-refractivity contribution in [1.29, 1.82) is 0 Å². The zero-order valence-electron chi connectivity index (χ0n) is 10.4. The van der Waals surface area contributed by atoms with Crippen LogP contribution in [-0.2, 0) is 5.54 Å². The molecule has 94 valence electrons. The molecule has 0 amide bonds. The van der Waals surface area contributed by atoms with Crippen LogP contribution in [0, 0.1) is 13.8 Å². The van der Waals surface area contributed by atoms with Gasteiger partial charge < -0.3 is 5.73 Å². The molecule has 0 radical (unpaired) electrons. The van der Waals surface area contributed by atoms with Crippen molar-refractivity contribution in [2.75, 3.05) is 0 Å². The molecular weight excluding hydrogens is 220 g/mol. The van der Waals surface area contributed by atoms with E-state index in [9.17, 15) is 8.78 Å². The molecule has 0 bridgehead atoms. The van der Waals surface area contributed by atoms with Gasteiger partial charge in [0.15, 0.2) is 0 Å². The molecule has 0 aliphatic heterocycles. The van der Waals surface area contributed by atoms with Gasteiger partial charge in [0.25, 0.3) is 0 Å². The van der Waals surface area contributed by atoms with Gasteiger partial charge in [0.05, 0.1) is 0 Å². The van der Waals surface area contributed by atoms with Crippen LogP contribution >= 0.6 is 0 Å². The quantitative estimate of drug-likeness (QED) is 0.795. The Hall–Kier alpha value is -0.960. The highest BCUT2D eigenvalue weighted by molar-refractivity contribution is 5.39. The van der Waals surface area contributed by atoms with Crippen LogP contribution in [0.1, 0.15) is 42.4 Å². The average Bonchev–Trinajstić information content (AvgIpc) is 2.23. The number of benzene rings is 1. The Balaban J connectivity index is 2.34. The van der Waals surface area contributed by atoms with E-state index in [-0.39, 0.29) is 12.8 Å². The maximum absolute atomic E-state index is 13.2. The van der Waals surface area contributed by atoms with Crippen LogP contribution in [0.2, 0.25) is 0 Å². The highest BCUT2D eigenvalue weighted by Crippen LogP contribution is 2.43. The molecule has 1 nitrogen and oxygen atoms in total. The fraction of sp³-hybridized carbons (Fsp3) is 0.571. The van der Waals surface area contributed by atoms with E-state index in [0.29, 0.717) is 12.8 Å². The van der Waals surface area contributed by atoms with Gasteiger partial charge >= 0.3 is 0 Å². The molecule has 2 N–H and O–H groups in total. The zero-order chi connectivity index (χ0) is 12.7. The molecule has 0 spiro atoms. The molecule has 1 aliphatic carbocycles. The fourth-order valence-corrected chi connectivity index (χ4v) is 2.91. The topological polar surface area (TPSA) is 26.0 Å². The van der Waals surface area contributed by atoms with E-state index in [4.69, 9.17) is 5.73 Å². The van der Waals surface area contributed by atoms with Gasteiger partial charge in [-0.3, -0.25) is 0 Å². The Morgan fingerprint density at radius 2 is 1.47 bits per heavy atom. The number of hydrogen-bond donors (Lipinski definition) is 1. The maximum Gasteiger partial charge on any atom is 0.248 e. The summed E-state index contributed by atoms with van der Waals surface area (Å²) in [4.78, 5) is 0. The van der Waals surface area contributed by atoms with Crippen molar-refractivity contribution in [3.63, 3.8) is 0 Å². The van der Waals surface area contributed by atoms with Crippen molar-refractivity contribution in [3.8, 4) is 0 Å². The summed E-state index contributed by atoms with van der Waals surface area (Å²) >= 11 is 0. The molecule has 0 saturated heterocycles. The van der Waals surface area contributed by atoms with Crippen LogP contribution in [0.25, 0.3) is 0 Å². The van der Waals surface area contributed by atoms with E-state index in [1.54, 1.807) is 0 Å². The lowest BCUT2D eigenvalue weighted by atomic mass is 9.73. The molecule has 3 heteroatoms. The highest BCUT2D eigenvalue weighted by atomic mass is 19.3. The number of aryl methyl sites for hydroxylation is 2. The second-order valence-corrected chi connectivity index (χ2v) is 5.28. The Bertz CT molecular complexity index is 396.